The predicted octanol–water partition coefficient (Wildman–Crippen LogP) is 3.29. The standard InChI is InChI=1S/C16H15NO5S/c1-10(16(20)23-12-5-3-2-4-6-12)15(19)11-7-8-13(17(21)22)14(18)9-11/h2-10,15,18-19H,1H3/t10-,15-/m0/s1. The quantitative estimate of drug-likeness (QED) is 0.495. The van der Waals surface area contributed by atoms with Gasteiger partial charge in [0.05, 0.1) is 16.9 Å². The summed E-state index contributed by atoms with van der Waals surface area (Å²) in [5, 5.41) is 30.3. The minimum atomic E-state index is -1.16. The summed E-state index contributed by atoms with van der Waals surface area (Å²) < 4.78 is 0. The van der Waals surface area contributed by atoms with Crippen molar-refractivity contribution in [1.82, 2.24) is 0 Å². The number of phenolic OH excluding ortho intramolecular Hbond substituents is 1. The molecule has 0 fully saturated rings. The molecule has 6 nitrogen and oxygen atoms in total. The second-order valence-electron chi connectivity index (χ2n) is 4.97. The van der Waals surface area contributed by atoms with E-state index in [9.17, 15) is 25.1 Å². The number of nitro groups is 1. The van der Waals surface area contributed by atoms with Crippen molar-refractivity contribution in [2.24, 2.45) is 5.92 Å². The van der Waals surface area contributed by atoms with Crippen molar-refractivity contribution in [2.45, 2.75) is 17.9 Å². The third-order valence-corrected chi connectivity index (χ3v) is 4.43. The number of benzene rings is 2. The molecule has 0 saturated heterocycles. The van der Waals surface area contributed by atoms with E-state index in [1.165, 1.54) is 6.07 Å². The fourth-order valence-electron chi connectivity index (χ4n) is 1.99. The van der Waals surface area contributed by atoms with Crippen molar-refractivity contribution in [2.75, 3.05) is 0 Å². The first kappa shape index (κ1) is 17.0. The molecule has 2 aromatic rings. The molecule has 0 heterocycles. The summed E-state index contributed by atoms with van der Waals surface area (Å²) in [6, 6.07) is 12.6. The van der Waals surface area contributed by atoms with Crippen molar-refractivity contribution < 1.29 is 19.9 Å². The molecule has 2 aromatic carbocycles. The van der Waals surface area contributed by atoms with Crippen LogP contribution in [-0.2, 0) is 4.79 Å². The number of carbonyl (C=O) groups is 1. The highest BCUT2D eigenvalue weighted by molar-refractivity contribution is 8.13. The molecule has 2 atom stereocenters. The van der Waals surface area contributed by atoms with Crippen LogP contribution in [0.3, 0.4) is 0 Å². The number of rotatable bonds is 5. The van der Waals surface area contributed by atoms with Gasteiger partial charge in [0.15, 0.2) is 10.9 Å². The van der Waals surface area contributed by atoms with Gasteiger partial charge in [0, 0.05) is 11.0 Å². The fraction of sp³-hybridized carbons (Fsp3) is 0.188. The van der Waals surface area contributed by atoms with E-state index in [0.29, 0.717) is 0 Å². The van der Waals surface area contributed by atoms with E-state index in [0.717, 1.165) is 28.8 Å². The maximum atomic E-state index is 12.2. The predicted molar refractivity (Wildman–Crippen MR) is 86.2 cm³/mol. The van der Waals surface area contributed by atoms with Gasteiger partial charge in [0.25, 0.3) is 0 Å². The van der Waals surface area contributed by atoms with Gasteiger partial charge in [-0.25, -0.2) is 0 Å². The average Bonchev–Trinajstić information content (AvgIpc) is 2.53. The van der Waals surface area contributed by atoms with Gasteiger partial charge in [-0.2, -0.15) is 0 Å². The fourth-order valence-corrected chi connectivity index (χ4v) is 2.83. The summed E-state index contributed by atoms with van der Waals surface area (Å²) in [7, 11) is 0. The number of aliphatic hydroxyl groups excluding tert-OH is 1. The molecule has 0 aromatic heterocycles. The normalized spacial score (nSPS) is 13.3. The number of carbonyl (C=O) groups excluding carboxylic acids is 1. The van der Waals surface area contributed by atoms with Crippen LogP contribution in [-0.4, -0.2) is 20.3 Å². The van der Waals surface area contributed by atoms with Gasteiger partial charge < -0.3 is 10.2 Å². The van der Waals surface area contributed by atoms with Crippen LogP contribution in [0.2, 0.25) is 0 Å². The zero-order valence-corrected chi connectivity index (χ0v) is 13.1. The lowest BCUT2D eigenvalue weighted by atomic mass is 9.98. The summed E-state index contributed by atoms with van der Waals surface area (Å²) in [6.07, 6.45) is -1.16. The van der Waals surface area contributed by atoms with Gasteiger partial charge in [-0.05, 0) is 29.8 Å². The summed E-state index contributed by atoms with van der Waals surface area (Å²) in [5.74, 6) is -1.28. The van der Waals surface area contributed by atoms with Gasteiger partial charge in [0.1, 0.15) is 0 Å². The maximum absolute atomic E-state index is 12.2. The zero-order valence-electron chi connectivity index (χ0n) is 12.2. The topological polar surface area (TPSA) is 101 Å². The average molecular weight is 333 g/mol. The van der Waals surface area contributed by atoms with E-state index in [1.54, 1.807) is 19.1 Å². The van der Waals surface area contributed by atoms with E-state index in [1.807, 2.05) is 18.2 Å². The molecule has 0 aliphatic carbocycles. The largest absolute Gasteiger partial charge is 0.502 e. The highest BCUT2D eigenvalue weighted by atomic mass is 32.2. The molecule has 2 rings (SSSR count). The molecule has 0 saturated carbocycles. The van der Waals surface area contributed by atoms with Crippen LogP contribution >= 0.6 is 11.8 Å². The molecular weight excluding hydrogens is 318 g/mol. The van der Waals surface area contributed by atoms with Crippen LogP contribution in [0.25, 0.3) is 0 Å². The number of phenols is 1. The first-order chi connectivity index (χ1) is 10.9. The minimum absolute atomic E-state index is 0.235. The lowest BCUT2D eigenvalue weighted by molar-refractivity contribution is -0.385. The van der Waals surface area contributed by atoms with Gasteiger partial charge >= 0.3 is 5.69 Å². The number of nitrogens with zero attached hydrogens (tertiary/aromatic N) is 1. The Labute approximate surface area is 136 Å². The first-order valence-electron chi connectivity index (χ1n) is 6.82. The first-order valence-corrected chi connectivity index (χ1v) is 7.64. The Hall–Kier alpha value is -2.38. The van der Waals surface area contributed by atoms with Crippen molar-refractivity contribution in [3.05, 3.63) is 64.2 Å². The van der Waals surface area contributed by atoms with Crippen LogP contribution in [0, 0.1) is 16.0 Å². The summed E-state index contributed by atoms with van der Waals surface area (Å²) >= 11 is 1.02. The summed E-state index contributed by atoms with van der Waals surface area (Å²) in [6.45, 7) is 1.57. The lowest BCUT2D eigenvalue weighted by Crippen LogP contribution is -2.16. The molecule has 23 heavy (non-hydrogen) atoms. The summed E-state index contributed by atoms with van der Waals surface area (Å²) in [4.78, 5) is 22.9. The Morgan fingerprint density at radius 1 is 1.22 bits per heavy atom. The Balaban J connectivity index is 2.12. The molecule has 0 spiro atoms. The van der Waals surface area contributed by atoms with E-state index in [4.69, 9.17) is 0 Å². The third kappa shape index (κ3) is 4.08. The second kappa shape index (κ2) is 7.26. The molecule has 0 aliphatic rings. The Morgan fingerprint density at radius 3 is 2.43 bits per heavy atom. The van der Waals surface area contributed by atoms with Crippen LogP contribution in [0.5, 0.6) is 5.75 Å². The van der Waals surface area contributed by atoms with Crippen LogP contribution < -0.4 is 0 Å². The Kier molecular flexibility index (Phi) is 5.36. The van der Waals surface area contributed by atoms with Gasteiger partial charge in [-0.1, -0.05) is 36.9 Å². The van der Waals surface area contributed by atoms with Crippen LogP contribution in [0.15, 0.2) is 53.4 Å². The van der Waals surface area contributed by atoms with Crippen LogP contribution in [0.1, 0.15) is 18.6 Å². The lowest BCUT2D eigenvalue weighted by Gasteiger charge is -2.18. The molecule has 0 aliphatic heterocycles. The van der Waals surface area contributed by atoms with E-state index in [2.05, 4.69) is 0 Å². The van der Waals surface area contributed by atoms with Crippen molar-refractivity contribution in [3.8, 4) is 5.75 Å². The van der Waals surface area contributed by atoms with Gasteiger partial charge in [-0.3, -0.25) is 14.9 Å². The number of nitro benzene ring substituents is 1. The zero-order chi connectivity index (χ0) is 17.0. The molecule has 0 amide bonds. The van der Waals surface area contributed by atoms with Gasteiger partial charge in [0.2, 0.25) is 0 Å². The van der Waals surface area contributed by atoms with Crippen molar-refractivity contribution in [3.63, 3.8) is 0 Å². The molecule has 0 unspecified atom stereocenters. The molecular formula is C16H15NO5S. The molecule has 0 bridgehead atoms. The Morgan fingerprint density at radius 2 is 1.87 bits per heavy atom. The van der Waals surface area contributed by atoms with E-state index < -0.39 is 28.4 Å². The Bertz CT molecular complexity index is 720. The highest BCUT2D eigenvalue weighted by Gasteiger charge is 2.26. The molecule has 120 valence electrons. The highest BCUT2D eigenvalue weighted by Crippen LogP contribution is 2.34. The van der Waals surface area contributed by atoms with Crippen LogP contribution in [0.4, 0.5) is 5.69 Å². The number of aromatic hydroxyl groups is 1. The SMILES string of the molecule is C[C@H](C(=O)Sc1ccccc1)[C@H](O)c1ccc([N+](=O)[O-])c(O)c1. The minimum Gasteiger partial charge on any atom is -0.502 e. The molecule has 2 N–H and O–H groups in total. The van der Waals surface area contributed by atoms with Crippen molar-refractivity contribution in [1.29, 1.82) is 0 Å². The maximum Gasteiger partial charge on any atom is 0.310 e. The number of hydrogen-bond donors (Lipinski definition) is 2. The second-order valence-corrected chi connectivity index (χ2v) is 6.05. The third-order valence-electron chi connectivity index (χ3n) is 3.34. The van der Waals surface area contributed by atoms with Crippen molar-refractivity contribution >= 4 is 22.6 Å². The van der Waals surface area contributed by atoms with E-state index >= 15 is 0 Å². The number of hydrogen-bond acceptors (Lipinski definition) is 6. The van der Waals surface area contributed by atoms with Gasteiger partial charge in [-0.15, -0.1) is 0 Å². The smallest absolute Gasteiger partial charge is 0.310 e. The number of thioether (sulfide) groups is 1. The summed E-state index contributed by atoms with van der Waals surface area (Å²) in [5.41, 5.74) is -0.193. The molecule has 0 radical (unpaired) electrons. The monoisotopic (exact) mass is 333 g/mol. The number of aliphatic hydroxyl groups is 1. The molecule has 7 heteroatoms. The van der Waals surface area contributed by atoms with E-state index in [-0.39, 0.29) is 10.7 Å².